The van der Waals surface area contributed by atoms with Gasteiger partial charge >= 0.3 is 41.8 Å². The molecule has 0 aromatic heterocycles. The fourth-order valence-corrected chi connectivity index (χ4v) is 7.24. The number of hydrogen-bond donors (Lipinski definition) is 4. The normalized spacial score (nSPS) is 21.2. The summed E-state index contributed by atoms with van der Waals surface area (Å²) in [4.78, 5) is 118. The first-order valence-electron chi connectivity index (χ1n) is 25.3. The van der Waals surface area contributed by atoms with Crippen LogP contribution < -0.4 is 16.0 Å². The second kappa shape index (κ2) is 40.5. The van der Waals surface area contributed by atoms with E-state index in [1.807, 2.05) is 0 Å². The van der Waals surface area contributed by atoms with Crippen molar-refractivity contribution in [1.82, 2.24) is 16.0 Å². The van der Waals surface area contributed by atoms with Crippen molar-refractivity contribution in [3.05, 3.63) is 0 Å². The summed E-state index contributed by atoms with van der Waals surface area (Å²) in [6.45, 7) is 7.20. The zero-order valence-corrected chi connectivity index (χ0v) is 45.0. The Labute approximate surface area is 451 Å². The van der Waals surface area contributed by atoms with E-state index in [1.165, 1.54) is 41.5 Å². The fraction of sp³-hybridized carbons (Fsp3) is 0.792. The molecule has 2 heterocycles. The number of nitrogens with one attached hydrogen (secondary N) is 3. The first-order chi connectivity index (χ1) is 37.2. The molecule has 2 aliphatic heterocycles. The highest BCUT2D eigenvalue weighted by Crippen LogP contribution is 2.28. The van der Waals surface area contributed by atoms with Gasteiger partial charge in [-0.25, -0.2) is 0 Å². The van der Waals surface area contributed by atoms with E-state index in [-0.39, 0.29) is 125 Å². The van der Waals surface area contributed by atoms with Crippen LogP contribution in [0.3, 0.4) is 0 Å². The summed E-state index contributed by atoms with van der Waals surface area (Å²) in [6.07, 6.45) is -6.55. The van der Waals surface area contributed by atoms with Gasteiger partial charge in [-0.05, 0) is 19.3 Å². The van der Waals surface area contributed by atoms with Crippen LogP contribution in [-0.2, 0) is 124 Å². The third-order valence-electron chi connectivity index (χ3n) is 10.4. The summed E-state index contributed by atoms with van der Waals surface area (Å²) in [5.41, 5.74) is 0. The van der Waals surface area contributed by atoms with Gasteiger partial charge in [0.05, 0.1) is 79.3 Å². The van der Waals surface area contributed by atoms with E-state index < -0.39 is 128 Å². The summed E-state index contributed by atoms with van der Waals surface area (Å²) in [5.74, 6) is -6.66. The molecule has 0 unspecified atom stereocenters. The van der Waals surface area contributed by atoms with Crippen LogP contribution in [0, 0.1) is 0 Å². The molecule has 9 atom stereocenters. The Bertz CT molecular complexity index is 1860. The van der Waals surface area contributed by atoms with E-state index in [2.05, 4.69) is 16.0 Å². The smallest absolute Gasteiger partial charge is 0.322 e. The fourth-order valence-electron chi connectivity index (χ4n) is 7.24. The number of carbonyl (C=O) groups is 10. The molecule has 2 saturated heterocycles. The van der Waals surface area contributed by atoms with Crippen molar-refractivity contribution < 1.29 is 129 Å². The van der Waals surface area contributed by atoms with Gasteiger partial charge in [0.2, 0.25) is 17.7 Å². The minimum Gasteiger partial charge on any atom is -0.480 e. The maximum Gasteiger partial charge on any atom is 0.322 e. The lowest BCUT2D eigenvalue weighted by Gasteiger charge is -2.39. The lowest BCUT2D eigenvalue weighted by atomic mass is 10.0. The van der Waals surface area contributed by atoms with Crippen LogP contribution in [0.5, 0.6) is 0 Å². The van der Waals surface area contributed by atoms with E-state index in [1.54, 1.807) is 0 Å². The molecule has 3 amide bonds. The molecule has 446 valence electrons. The third kappa shape index (κ3) is 32.9. The molecule has 0 aromatic rings. The van der Waals surface area contributed by atoms with Gasteiger partial charge in [-0.3, -0.25) is 47.9 Å². The molecule has 0 spiro atoms. The van der Waals surface area contributed by atoms with E-state index in [0.717, 1.165) is 0 Å². The van der Waals surface area contributed by atoms with Gasteiger partial charge in [-0.1, -0.05) is 0 Å². The lowest BCUT2D eigenvalue weighted by molar-refractivity contribution is -0.267. The van der Waals surface area contributed by atoms with E-state index in [4.69, 9.17) is 80.9 Å². The average molecular weight is 1130 g/mol. The number of carboxylic acids is 1. The summed E-state index contributed by atoms with van der Waals surface area (Å²) >= 11 is 0. The number of aliphatic carboxylic acids is 1. The highest BCUT2D eigenvalue weighted by atomic mass is 16.7. The van der Waals surface area contributed by atoms with Crippen molar-refractivity contribution >= 4 is 59.5 Å². The number of ether oxygens (including phenoxy) is 16. The summed E-state index contributed by atoms with van der Waals surface area (Å²) in [7, 11) is 0. The Kier molecular flexibility index (Phi) is 35.5. The molecular weight excluding hydrogens is 1050 g/mol. The van der Waals surface area contributed by atoms with Crippen molar-refractivity contribution in [2.45, 2.75) is 129 Å². The monoisotopic (exact) mass is 1130 g/mol. The van der Waals surface area contributed by atoms with Crippen molar-refractivity contribution in [1.29, 1.82) is 0 Å². The van der Waals surface area contributed by atoms with Crippen LogP contribution in [0.4, 0.5) is 0 Å². The SMILES string of the molecule is CC(=O)OC[C@H]1O[C@@H](OCCOCCOCCOCC(=O)NCCCC[C@H](NC(=O)COCCOCCOCCO[C@H]2C[C@@H](OC(C)=O)[C@@H](OC(C)=O)[C@@H](COC(C)=O)O2)C(=O)NCC(=O)O)C[C@@H](OC(C)=O)[C@H]1OC(C)=O. The van der Waals surface area contributed by atoms with Gasteiger partial charge in [0, 0.05) is 60.9 Å². The number of amides is 3. The molecule has 4 N–H and O–H groups in total. The second-order valence-electron chi connectivity index (χ2n) is 17.1. The Balaban J connectivity index is 1.56. The second-order valence-corrected chi connectivity index (χ2v) is 17.1. The molecule has 78 heavy (non-hydrogen) atoms. The number of rotatable bonds is 41. The van der Waals surface area contributed by atoms with E-state index >= 15 is 0 Å². The molecule has 0 aromatic carbocycles. The minimum absolute atomic E-state index is 0.0238. The van der Waals surface area contributed by atoms with Crippen LogP contribution in [-0.4, -0.2) is 239 Å². The highest BCUT2D eigenvalue weighted by Gasteiger charge is 2.45. The lowest BCUT2D eigenvalue weighted by Crippen LogP contribution is -2.54. The molecule has 30 heteroatoms. The molecule has 0 saturated carbocycles. The number of hydrogen-bond acceptors (Lipinski definition) is 26. The molecule has 0 aliphatic carbocycles. The van der Waals surface area contributed by atoms with Gasteiger partial charge in [-0.2, -0.15) is 0 Å². The van der Waals surface area contributed by atoms with E-state index in [9.17, 15) is 47.9 Å². The topological polar surface area (TPSA) is 375 Å². The van der Waals surface area contributed by atoms with Crippen molar-refractivity contribution in [2.75, 3.05) is 119 Å². The van der Waals surface area contributed by atoms with Crippen molar-refractivity contribution in [3.8, 4) is 0 Å². The number of unbranched alkanes of at least 4 members (excludes halogenated alkanes) is 1. The van der Waals surface area contributed by atoms with Crippen molar-refractivity contribution in [3.63, 3.8) is 0 Å². The zero-order valence-electron chi connectivity index (χ0n) is 45.0. The summed E-state index contributed by atoms with van der Waals surface area (Å²) < 4.78 is 87.1. The van der Waals surface area contributed by atoms with Crippen LogP contribution in [0.15, 0.2) is 0 Å². The summed E-state index contributed by atoms with van der Waals surface area (Å²) in [6, 6.07) is -1.08. The average Bonchev–Trinajstić information content (AvgIpc) is 3.36. The molecule has 0 radical (unpaired) electrons. The van der Waals surface area contributed by atoms with Gasteiger partial charge in [0.15, 0.2) is 24.8 Å². The van der Waals surface area contributed by atoms with Crippen LogP contribution in [0.2, 0.25) is 0 Å². The molecule has 2 fully saturated rings. The Morgan fingerprint density at radius 3 is 1.28 bits per heavy atom. The number of esters is 6. The van der Waals surface area contributed by atoms with Crippen LogP contribution in [0.25, 0.3) is 0 Å². The zero-order chi connectivity index (χ0) is 57.7. The predicted molar refractivity (Wildman–Crippen MR) is 258 cm³/mol. The first-order valence-corrected chi connectivity index (χ1v) is 25.3. The first kappa shape index (κ1) is 68.4. The largest absolute Gasteiger partial charge is 0.480 e. The minimum atomic E-state index is -1.27. The van der Waals surface area contributed by atoms with Gasteiger partial charge in [-0.15, -0.1) is 0 Å². The predicted octanol–water partition coefficient (Wildman–Crippen LogP) is -1.83. The summed E-state index contributed by atoms with van der Waals surface area (Å²) in [5, 5.41) is 16.5. The third-order valence-corrected chi connectivity index (χ3v) is 10.4. The van der Waals surface area contributed by atoms with Crippen LogP contribution >= 0.6 is 0 Å². The molecule has 30 nitrogen and oxygen atoms in total. The Hall–Kier alpha value is -5.70. The molecule has 2 rings (SSSR count). The van der Waals surface area contributed by atoms with Crippen LogP contribution in [0.1, 0.15) is 73.6 Å². The van der Waals surface area contributed by atoms with E-state index in [0.29, 0.717) is 12.8 Å². The number of carbonyl (C=O) groups excluding carboxylic acids is 9. The molecule has 0 bridgehead atoms. The Morgan fingerprint density at radius 2 is 0.885 bits per heavy atom. The molecule has 2 aliphatic rings. The molecular formula is C48H77N3O27. The van der Waals surface area contributed by atoms with Crippen molar-refractivity contribution in [2.24, 2.45) is 0 Å². The van der Waals surface area contributed by atoms with Gasteiger partial charge in [0.1, 0.15) is 63.4 Å². The van der Waals surface area contributed by atoms with Gasteiger partial charge < -0.3 is 96.8 Å². The standard InChI is InChI=1S/C48H77N3O27/c1-30(52)71-26-39-46(75-34(5)56)37(73-32(3)54)23-44(77-39)69-21-19-65-13-11-63-15-17-67-28-41(58)49-10-8-7-9-36(48(62)50-25-43(60)61)51-42(59)29-68-18-16-64-12-14-66-20-22-70-45-24-38(74-33(4)55)47(76-35(6)57)40(78-45)27-72-31(2)53/h36-40,44-47H,7-29H2,1-6H3,(H,49,58)(H,50,62)(H,51,59)(H,60,61)/t36-,37+,38+,39+,40+,44+,45+,46+,47+/m0/s1. The quantitative estimate of drug-likeness (QED) is 0.0297. The number of carboxylic acid groups (broad SMARTS) is 1. The maximum absolute atomic E-state index is 12.7. The maximum atomic E-state index is 12.7. The van der Waals surface area contributed by atoms with Gasteiger partial charge in [0.25, 0.3) is 0 Å². The Morgan fingerprint density at radius 1 is 0.487 bits per heavy atom. The highest BCUT2D eigenvalue weighted by molar-refractivity contribution is 5.89.